The number of hydrogen-bond acceptors (Lipinski definition) is 6. The summed E-state index contributed by atoms with van der Waals surface area (Å²) in [5.41, 5.74) is 3.50. The quantitative estimate of drug-likeness (QED) is 0.610. The standard InChI is InChI=1S/C20H20F2N6O3/c21-14-16(23)13-17(27(10-1-2-10)9-12(19(13)29)20(30)31)15(22)18(14)26-6-3-11(4-7-26)28-8-5-24-25-28/h5,8-11H,1-4,6-7,23H2,(H,30,31). The number of carboxylic acid groups (broad SMARTS) is 1. The van der Waals surface area contributed by atoms with Gasteiger partial charge >= 0.3 is 5.97 Å². The van der Waals surface area contributed by atoms with E-state index in [9.17, 15) is 14.7 Å². The highest BCUT2D eigenvalue weighted by Crippen LogP contribution is 2.42. The summed E-state index contributed by atoms with van der Waals surface area (Å²) in [6.07, 6.45) is 7.12. The molecule has 11 heteroatoms. The van der Waals surface area contributed by atoms with Gasteiger partial charge in [0.15, 0.2) is 11.6 Å². The van der Waals surface area contributed by atoms with E-state index in [1.165, 1.54) is 4.57 Å². The fraction of sp³-hybridized carbons (Fsp3) is 0.400. The third-order valence-corrected chi connectivity index (χ3v) is 6.13. The van der Waals surface area contributed by atoms with Crippen LogP contribution in [0.3, 0.4) is 0 Å². The smallest absolute Gasteiger partial charge is 0.341 e. The number of nitrogen functional groups attached to an aromatic ring is 1. The second-order valence-corrected chi connectivity index (χ2v) is 8.03. The van der Waals surface area contributed by atoms with Crippen LogP contribution in [0.1, 0.15) is 48.1 Å². The molecule has 5 rings (SSSR count). The first-order valence-electron chi connectivity index (χ1n) is 10.1. The predicted molar refractivity (Wildman–Crippen MR) is 108 cm³/mol. The van der Waals surface area contributed by atoms with E-state index in [-0.39, 0.29) is 23.3 Å². The summed E-state index contributed by atoms with van der Waals surface area (Å²) in [4.78, 5) is 25.8. The molecule has 0 atom stereocenters. The van der Waals surface area contributed by atoms with Crippen LogP contribution in [0, 0.1) is 11.6 Å². The maximum Gasteiger partial charge on any atom is 0.341 e. The maximum atomic E-state index is 15.8. The van der Waals surface area contributed by atoms with Gasteiger partial charge in [0.1, 0.15) is 11.3 Å². The van der Waals surface area contributed by atoms with Crippen molar-refractivity contribution in [2.24, 2.45) is 0 Å². The highest BCUT2D eigenvalue weighted by Gasteiger charge is 2.34. The van der Waals surface area contributed by atoms with Crippen LogP contribution in [0.4, 0.5) is 20.2 Å². The molecular formula is C20H20F2N6O3. The zero-order valence-corrected chi connectivity index (χ0v) is 16.5. The lowest BCUT2D eigenvalue weighted by Gasteiger charge is -2.34. The number of piperidine rings is 1. The minimum atomic E-state index is -1.46. The number of hydrogen-bond donors (Lipinski definition) is 2. The van der Waals surface area contributed by atoms with Crippen molar-refractivity contribution in [1.29, 1.82) is 0 Å². The first-order valence-corrected chi connectivity index (χ1v) is 10.1. The Hall–Kier alpha value is -3.50. The Labute approximate surface area is 174 Å². The molecule has 2 aromatic heterocycles. The van der Waals surface area contributed by atoms with Crippen molar-refractivity contribution in [3.05, 3.63) is 46.0 Å². The molecule has 0 unspecified atom stereocenters. The van der Waals surface area contributed by atoms with Gasteiger partial charge in [-0.2, -0.15) is 0 Å². The molecule has 1 saturated heterocycles. The van der Waals surface area contributed by atoms with Crippen LogP contribution < -0.4 is 16.1 Å². The molecule has 9 nitrogen and oxygen atoms in total. The van der Waals surface area contributed by atoms with Crippen LogP contribution in [-0.2, 0) is 0 Å². The molecule has 162 valence electrons. The second kappa shape index (κ2) is 7.03. The zero-order chi connectivity index (χ0) is 21.9. The molecule has 1 aliphatic heterocycles. The molecule has 0 spiro atoms. The van der Waals surface area contributed by atoms with Gasteiger partial charge in [-0.1, -0.05) is 5.21 Å². The molecule has 1 aromatic carbocycles. The van der Waals surface area contributed by atoms with Crippen molar-refractivity contribution in [2.45, 2.75) is 37.8 Å². The van der Waals surface area contributed by atoms with Crippen LogP contribution in [0.2, 0.25) is 0 Å². The number of benzene rings is 1. The van der Waals surface area contributed by atoms with Crippen molar-refractivity contribution in [3.63, 3.8) is 0 Å². The number of aromatic carboxylic acids is 1. The van der Waals surface area contributed by atoms with E-state index >= 15 is 8.78 Å². The lowest BCUT2D eigenvalue weighted by atomic mass is 10.0. The number of carboxylic acids is 1. The zero-order valence-electron chi connectivity index (χ0n) is 16.5. The fourth-order valence-corrected chi connectivity index (χ4v) is 4.39. The average Bonchev–Trinajstić information content (AvgIpc) is 3.45. The van der Waals surface area contributed by atoms with E-state index in [2.05, 4.69) is 10.3 Å². The molecule has 1 saturated carbocycles. The summed E-state index contributed by atoms with van der Waals surface area (Å²) in [7, 11) is 0. The largest absolute Gasteiger partial charge is 0.477 e. The molecule has 3 heterocycles. The van der Waals surface area contributed by atoms with Crippen LogP contribution in [0.15, 0.2) is 23.4 Å². The summed E-state index contributed by atoms with van der Waals surface area (Å²) in [5, 5.41) is 16.8. The van der Waals surface area contributed by atoms with Gasteiger partial charge in [0.25, 0.3) is 0 Å². The molecule has 0 bridgehead atoms. The highest BCUT2D eigenvalue weighted by molar-refractivity contribution is 5.99. The molecule has 3 N–H and O–H groups in total. The van der Waals surface area contributed by atoms with Gasteiger partial charge in [-0.05, 0) is 25.7 Å². The van der Waals surface area contributed by atoms with E-state index in [1.807, 2.05) is 0 Å². The van der Waals surface area contributed by atoms with Crippen molar-refractivity contribution < 1.29 is 18.7 Å². The van der Waals surface area contributed by atoms with Gasteiger partial charge in [0.05, 0.1) is 28.8 Å². The van der Waals surface area contributed by atoms with Crippen molar-refractivity contribution in [3.8, 4) is 0 Å². The number of halogens is 2. The van der Waals surface area contributed by atoms with E-state index in [1.54, 1.807) is 22.0 Å². The Kier molecular flexibility index (Phi) is 4.42. The third kappa shape index (κ3) is 3.03. The Morgan fingerprint density at radius 1 is 1.13 bits per heavy atom. The Morgan fingerprint density at radius 2 is 1.84 bits per heavy atom. The SMILES string of the molecule is Nc1c(F)c(N2CCC(n3ccnn3)CC2)c(F)c2c1c(=O)c(C(=O)O)cn2C1CC1. The van der Waals surface area contributed by atoms with E-state index in [0.717, 1.165) is 6.20 Å². The molecular weight excluding hydrogens is 410 g/mol. The lowest BCUT2D eigenvalue weighted by Crippen LogP contribution is -2.36. The molecule has 2 fully saturated rings. The topological polar surface area (TPSA) is 119 Å². The lowest BCUT2D eigenvalue weighted by molar-refractivity contribution is 0.0695. The van der Waals surface area contributed by atoms with E-state index in [4.69, 9.17) is 5.73 Å². The van der Waals surface area contributed by atoms with Crippen LogP contribution >= 0.6 is 0 Å². The summed E-state index contributed by atoms with van der Waals surface area (Å²) < 4.78 is 34.2. The number of carbonyl (C=O) groups is 1. The summed E-state index contributed by atoms with van der Waals surface area (Å²) >= 11 is 0. The van der Waals surface area contributed by atoms with Crippen molar-refractivity contribution >= 4 is 28.2 Å². The molecule has 0 radical (unpaired) electrons. The second-order valence-electron chi connectivity index (χ2n) is 8.03. The molecule has 31 heavy (non-hydrogen) atoms. The number of aromatic nitrogens is 4. The van der Waals surface area contributed by atoms with E-state index in [0.29, 0.717) is 38.8 Å². The van der Waals surface area contributed by atoms with Gasteiger partial charge < -0.3 is 20.3 Å². The number of nitrogens with zero attached hydrogens (tertiary/aromatic N) is 5. The molecule has 1 aliphatic carbocycles. The predicted octanol–water partition coefficient (Wildman–Crippen LogP) is 2.33. The minimum Gasteiger partial charge on any atom is -0.477 e. The van der Waals surface area contributed by atoms with Gasteiger partial charge in [-0.25, -0.2) is 18.3 Å². The first kappa shape index (κ1) is 19.5. The fourth-order valence-electron chi connectivity index (χ4n) is 4.39. The summed E-state index contributed by atoms with van der Waals surface area (Å²) in [6.45, 7) is 0.731. The van der Waals surface area contributed by atoms with Gasteiger partial charge in [0, 0.05) is 31.5 Å². The Bertz CT molecular complexity index is 1240. The highest BCUT2D eigenvalue weighted by atomic mass is 19.1. The number of nitrogens with two attached hydrogens (primary N) is 1. The Balaban J connectivity index is 1.64. The van der Waals surface area contributed by atoms with Crippen LogP contribution in [-0.4, -0.2) is 43.7 Å². The van der Waals surface area contributed by atoms with Gasteiger partial charge in [0.2, 0.25) is 5.43 Å². The van der Waals surface area contributed by atoms with Crippen molar-refractivity contribution in [2.75, 3.05) is 23.7 Å². The number of pyridine rings is 1. The monoisotopic (exact) mass is 430 g/mol. The summed E-state index contributed by atoms with van der Waals surface area (Å²) in [6, 6.07) is -0.0723. The average molecular weight is 430 g/mol. The Morgan fingerprint density at radius 3 is 2.42 bits per heavy atom. The van der Waals surface area contributed by atoms with E-state index < -0.39 is 39.7 Å². The number of anilines is 2. The first-order chi connectivity index (χ1) is 14.9. The maximum absolute atomic E-state index is 15.8. The minimum absolute atomic E-state index is 0.0745. The number of fused-ring (bicyclic) bond motifs is 1. The van der Waals surface area contributed by atoms with Gasteiger partial charge in [-0.15, -0.1) is 5.10 Å². The molecule has 3 aromatic rings. The molecule has 0 amide bonds. The van der Waals surface area contributed by atoms with Crippen LogP contribution in [0.25, 0.3) is 10.9 Å². The number of rotatable bonds is 4. The van der Waals surface area contributed by atoms with Crippen molar-refractivity contribution in [1.82, 2.24) is 19.6 Å². The summed E-state index contributed by atoms with van der Waals surface area (Å²) in [5.74, 6) is -3.38. The normalized spacial score (nSPS) is 17.4. The van der Waals surface area contributed by atoms with Gasteiger partial charge in [-0.3, -0.25) is 4.79 Å². The molecule has 2 aliphatic rings. The third-order valence-electron chi connectivity index (χ3n) is 6.13. The van der Waals surface area contributed by atoms with Crippen LogP contribution in [0.5, 0.6) is 0 Å².